The Kier molecular flexibility index (Phi) is 4.65. The van der Waals surface area contributed by atoms with Crippen molar-refractivity contribution >= 4 is 11.8 Å². The van der Waals surface area contributed by atoms with Gasteiger partial charge in [0, 0.05) is 19.2 Å². The Morgan fingerprint density at radius 2 is 2.09 bits per heavy atom. The molecule has 1 aliphatic heterocycles. The molecular weight excluding hydrogens is 313 g/mol. The van der Waals surface area contributed by atoms with Gasteiger partial charge in [0.15, 0.2) is 0 Å². The normalized spacial score (nSPS) is 21.5. The molecule has 0 saturated carbocycles. The van der Waals surface area contributed by atoms with Crippen LogP contribution in [0.25, 0.3) is 0 Å². The third-order valence-electron chi connectivity index (χ3n) is 4.01. The molecule has 1 unspecified atom stereocenters. The van der Waals surface area contributed by atoms with Gasteiger partial charge < -0.3 is 15.4 Å². The third kappa shape index (κ3) is 3.17. The van der Waals surface area contributed by atoms with Crippen LogP contribution in [0.3, 0.4) is 0 Å². The molecule has 126 valence electrons. The number of rotatable bonds is 4. The van der Waals surface area contributed by atoms with Gasteiger partial charge in [-0.3, -0.25) is 9.59 Å². The number of nitrogens with zero attached hydrogens (tertiary/aromatic N) is 1. The van der Waals surface area contributed by atoms with Crippen LogP contribution in [-0.2, 0) is 15.7 Å². The lowest BCUT2D eigenvalue weighted by Gasteiger charge is -2.35. The molecule has 0 bridgehead atoms. The van der Waals surface area contributed by atoms with Gasteiger partial charge in [0.1, 0.15) is 5.54 Å². The average molecular weight is 330 g/mol. The maximum Gasteiger partial charge on any atom is 0.416 e. The SMILES string of the molecule is COCC1(C(N)=O)CCCN1C(=O)c1cccc(C(F)(F)F)c1. The summed E-state index contributed by atoms with van der Waals surface area (Å²) in [7, 11) is 1.37. The summed E-state index contributed by atoms with van der Waals surface area (Å²) >= 11 is 0. The molecule has 2 amide bonds. The molecule has 5 nitrogen and oxygen atoms in total. The summed E-state index contributed by atoms with van der Waals surface area (Å²) in [6.45, 7) is 0.147. The van der Waals surface area contributed by atoms with Gasteiger partial charge in [-0.2, -0.15) is 13.2 Å². The van der Waals surface area contributed by atoms with E-state index in [1.807, 2.05) is 0 Å². The van der Waals surface area contributed by atoms with Crippen LogP contribution in [0.2, 0.25) is 0 Å². The number of likely N-dealkylation sites (tertiary alicyclic amines) is 1. The Bertz CT molecular complexity index is 618. The van der Waals surface area contributed by atoms with Crippen LogP contribution in [0.4, 0.5) is 13.2 Å². The number of primary amides is 1. The van der Waals surface area contributed by atoms with Crippen molar-refractivity contribution in [3.63, 3.8) is 0 Å². The lowest BCUT2D eigenvalue weighted by atomic mass is 9.95. The number of carbonyl (C=O) groups is 2. The van der Waals surface area contributed by atoms with Gasteiger partial charge in [-0.05, 0) is 31.0 Å². The first-order valence-electron chi connectivity index (χ1n) is 7.00. The standard InChI is InChI=1S/C15H17F3N2O3/c1-23-9-14(13(19)22)6-3-7-20(14)12(21)10-4-2-5-11(8-10)15(16,17)18/h2,4-5,8H,3,6-7,9H2,1H3,(H2,19,22). The second kappa shape index (κ2) is 6.19. The summed E-state index contributed by atoms with van der Waals surface area (Å²) in [6, 6.07) is 4.11. The van der Waals surface area contributed by atoms with Gasteiger partial charge in [0.25, 0.3) is 5.91 Å². The third-order valence-corrected chi connectivity index (χ3v) is 4.01. The summed E-state index contributed by atoms with van der Waals surface area (Å²) in [5, 5.41) is 0. The largest absolute Gasteiger partial charge is 0.416 e. The molecular formula is C15H17F3N2O3. The van der Waals surface area contributed by atoms with E-state index in [4.69, 9.17) is 10.5 Å². The van der Waals surface area contributed by atoms with Crippen molar-refractivity contribution in [3.05, 3.63) is 35.4 Å². The smallest absolute Gasteiger partial charge is 0.382 e. The maximum absolute atomic E-state index is 12.8. The fourth-order valence-corrected chi connectivity index (χ4v) is 2.88. The minimum atomic E-state index is -4.55. The number of nitrogens with two attached hydrogens (primary N) is 1. The van der Waals surface area contributed by atoms with Crippen LogP contribution in [0.5, 0.6) is 0 Å². The summed E-state index contributed by atoms with van der Waals surface area (Å²) in [5.41, 5.74) is 3.06. The maximum atomic E-state index is 12.8. The number of methoxy groups -OCH3 is 1. The van der Waals surface area contributed by atoms with Gasteiger partial charge in [-0.15, -0.1) is 0 Å². The van der Waals surface area contributed by atoms with Crippen LogP contribution in [0.15, 0.2) is 24.3 Å². The number of hydrogen-bond donors (Lipinski definition) is 1. The first kappa shape index (κ1) is 17.3. The van der Waals surface area contributed by atoms with E-state index in [1.165, 1.54) is 18.1 Å². The first-order valence-corrected chi connectivity index (χ1v) is 7.00. The number of alkyl halides is 3. The molecule has 1 aromatic carbocycles. The van der Waals surface area contributed by atoms with E-state index in [1.54, 1.807) is 0 Å². The zero-order valence-corrected chi connectivity index (χ0v) is 12.5. The van der Waals surface area contributed by atoms with Crippen LogP contribution < -0.4 is 5.73 Å². The van der Waals surface area contributed by atoms with E-state index in [0.29, 0.717) is 12.8 Å². The number of carbonyl (C=O) groups excluding carboxylic acids is 2. The summed E-state index contributed by atoms with van der Waals surface area (Å²) in [6.07, 6.45) is -3.70. The summed E-state index contributed by atoms with van der Waals surface area (Å²) in [4.78, 5) is 25.7. The Balaban J connectivity index is 2.38. The molecule has 2 N–H and O–H groups in total. The van der Waals surface area contributed by atoms with E-state index in [9.17, 15) is 22.8 Å². The lowest BCUT2D eigenvalue weighted by Crippen LogP contribution is -2.58. The number of ether oxygens (including phenoxy) is 1. The Morgan fingerprint density at radius 1 is 1.39 bits per heavy atom. The molecule has 0 aliphatic carbocycles. The van der Waals surface area contributed by atoms with E-state index in [0.717, 1.165) is 18.2 Å². The van der Waals surface area contributed by atoms with Crippen molar-refractivity contribution in [1.29, 1.82) is 0 Å². The Morgan fingerprint density at radius 3 is 2.65 bits per heavy atom. The highest BCUT2D eigenvalue weighted by molar-refractivity contribution is 5.99. The predicted molar refractivity (Wildman–Crippen MR) is 75.5 cm³/mol. The minimum absolute atomic E-state index is 0.0902. The highest BCUT2D eigenvalue weighted by atomic mass is 19.4. The molecule has 1 saturated heterocycles. The fraction of sp³-hybridized carbons (Fsp3) is 0.467. The van der Waals surface area contributed by atoms with Gasteiger partial charge >= 0.3 is 6.18 Å². The molecule has 8 heteroatoms. The molecule has 1 atom stereocenters. The van der Waals surface area contributed by atoms with E-state index < -0.39 is 29.1 Å². The molecule has 0 spiro atoms. The van der Waals surface area contributed by atoms with Gasteiger partial charge in [-0.1, -0.05) is 6.07 Å². The fourth-order valence-electron chi connectivity index (χ4n) is 2.88. The molecule has 1 heterocycles. The molecule has 0 radical (unpaired) electrons. The second-order valence-corrected chi connectivity index (χ2v) is 5.47. The van der Waals surface area contributed by atoms with Gasteiger partial charge in [0.2, 0.25) is 5.91 Å². The van der Waals surface area contributed by atoms with Crippen molar-refractivity contribution in [2.75, 3.05) is 20.3 Å². The average Bonchev–Trinajstić information content (AvgIpc) is 2.91. The lowest BCUT2D eigenvalue weighted by molar-refractivity contribution is -0.137. The highest BCUT2D eigenvalue weighted by Crippen LogP contribution is 2.33. The van der Waals surface area contributed by atoms with E-state index in [-0.39, 0.29) is 18.7 Å². The topological polar surface area (TPSA) is 72.6 Å². The molecule has 0 aromatic heterocycles. The van der Waals surface area contributed by atoms with Crippen molar-refractivity contribution in [3.8, 4) is 0 Å². The monoisotopic (exact) mass is 330 g/mol. The number of halogens is 3. The molecule has 2 rings (SSSR count). The van der Waals surface area contributed by atoms with E-state index in [2.05, 4.69) is 0 Å². The van der Waals surface area contributed by atoms with Gasteiger partial charge in [-0.25, -0.2) is 0 Å². The summed E-state index contributed by atoms with van der Waals surface area (Å²) in [5.74, 6) is -1.39. The van der Waals surface area contributed by atoms with Crippen molar-refractivity contribution in [2.24, 2.45) is 5.73 Å². The quantitative estimate of drug-likeness (QED) is 0.915. The van der Waals surface area contributed by atoms with Crippen molar-refractivity contribution < 1.29 is 27.5 Å². The Hall–Kier alpha value is -2.09. The van der Waals surface area contributed by atoms with Crippen molar-refractivity contribution in [2.45, 2.75) is 24.6 Å². The van der Waals surface area contributed by atoms with Gasteiger partial charge in [0.05, 0.1) is 12.2 Å². The molecule has 1 aromatic rings. The minimum Gasteiger partial charge on any atom is -0.382 e. The number of amides is 2. The number of benzene rings is 1. The number of hydrogen-bond acceptors (Lipinski definition) is 3. The van der Waals surface area contributed by atoms with E-state index >= 15 is 0 Å². The van der Waals surface area contributed by atoms with Crippen LogP contribution in [-0.4, -0.2) is 42.5 Å². The highest BCUT2D eigenvalue weighted by Gasteiger charge is 2.49. The van der Waals surface area contributed by atoms with Crippen LogP contribution in [0.1, 0.15) is 28.8 Å². The molecule has 1 fully saturated rings. The Labute approximate surface area is 131 Å². The molecule has 1 aliphatic rings. The zero-order chi connectivity index (χ0) is 17.3. The molecule has 23 heavy (non-hydrogen) atoms. The van der Waals surface area contributed by atoms with Crippen LogP contribution >= 0.6 is 0 Å². The van der Waals surface area contributed by atoms with Crippen LogP contribution in [0, 0.1) is 0 Å². The summed E-state index contributed by atoms with van der Waals surface area (Å²) < 4.78 is 43.4. The first-order chi connectivity index (χ1) is 10.7. The zero-order valence-electron chi connectivity index (χ0n) is 12.5. The van der Waals surface area contributed by atoms with Crippen molar-refractivity contribution in [1.82, 2.24) is 4.90 Å². The second-order valence-electron chi connectivity index (χ2n) is 5.47. The predicted octanol–water partition coefficient (Wildman–Crippen LogP) is 1.81.